The van der Waals surface area contributed by atoms with Crippen LogP contribution in [0.2, 0.25) is 0 Å². The summed E-state index contributed by atoms with van der Waals surface area (Å²) in [5.74, 6) is -0.0626. The Balaban J connectivity index is 3.47. The summed E-state index contributed by atoms with van der Waals surface area (Å²) in [4.78, 5) is 12.4. The molecule has 360 valence electrons. The largest absolute Gasteiger partial charge is 0.394 e. The van der Waals surface area contributed by atoms with Crippen LogP contribution in [0.5, 0.6) is 0 Å². The SMILES string of the molecule is CC/C=C\C/C=C\C/C=C\C/C=C\C/C=C\CCCCCCCCCCCCCCCCCCCCCC(=O)NC(CO)C(O)/C=C/CCCCCCCCCCCCCCC. The predicted octanol–water partition coefficient (Wildman–Crippen LogP) is 17.8. The maximum absolute atomic E-state index is 12.4. The first-order valence-electron chi connectivity index (χ1n) is 27.2. The number of nitrogens with one attached hydrogen (secondary N) is 1. The van der Waals surface area contributed by atoms with Crippen LogP contribution < -0.4 is 5.32 Å². The number of carbonyl (C=O) groups excluding carboxylic acids is 1. The van der Waals surface area contributed by atoms with Crippen LogP contribution in [0, 0.1) is 0 Å². The minimum Gasteiger partial charge on any atom is -0.394 e. The lowest BCUT2D eigenvalue weighted by molar-refractivity contribution is -0.123. The molecule has 0 bridgehead atoms. The second kappa shape index (κ2) is 53.2. The summed E-state index contributed by atoms with van der Waals surface area (Å²) >= 11 is 0. The van der Waals surface area contributed by atoms with E-state index in [2.05, 4.69) is 79.9 Å². The Kier molecular flexibility index (Phi) is 51.3. The molecular weight excluding hydrogens is 759 g/mol. The first-order chi connectivity index (χ1) is 30.7. The van der Waals surface area contributed by atoms with Crippen molar-refractivity contribution in [1.29, 1.82) is 0 Å². The molecular formula is C58H105NO3. The predicted molar refractivity (Wildman–Crippen MR) is 276 cm³/mol. The quantitative estimate of drug-likeness (QED) is 0.0421. The average molecular weight is 864 g/mol. The van der Waals surface area contributed by atoms with Crippen LogP contribution in [-0.2, 0) is 4.79 Å². The minimum atomic E-state index is -0.839. The van der Waals surface area contributed by atoms with E-state index in [9.17, 15) is 15.0 Å². The van der Waals surface area contributed by atoms with Gasteiger partial charge in [0.25, 0.3) is 0 Å². The normalized spacial score (nSPS) is 13.4. The van der Waals surface area contributed by atoms with Crippen molar-refractivity contribution in [2.45, 2.75) is 283 Å². The summed E-state index contributed by atoms with van der Waals surface area (Å²) in [6, 6.07) is -0.623. The number of unbranched alkanes of at least 4 members (excludes halogenated alkanes) is 32. The summed E-state index contributed by atoms with van der Waals surface area (Å²) in [7, 11) is 0. The molecule has 0 aromatic carbocycles. The average Bonchev–Trinajstić information content (AvgIpc) is 3.28. The Hall–Kier alpha value is -2.17. The van der Waals surface area contributed by atoms with E-state index in [-0.39, 0.29) is 12.5 Å². The number of hydrogen-bond donors (Lipinski definition) is 3. The number of amides is 1. The van der Waals surface area contributed by atoms with Gasteiger partial charge in [-0.05, 0) is 64.2 Å². The molecule has 0 aliphatic rings. The maximum Gasteiger partial charge on any atom is 0.220 e. The third-order valence-corrected chi connectivity index (χ3v) is 12.2. The molecule has 0 saturated carbocycles. The fourth-order valence-corrected chi connectivity index (χ4v) is 8.09. The molecule has 0 rings (SSSR count). The summed E-state index contributed by atoms with van der Waals surface area (Å²) < 4.78 is 0. The molecule has 4 nitrogen and oxygen atoms in total. The third-order valence-electron chi connectivity index (χ3n) is 12.2. The van der Waals surface area contributed by atoms with Gasteiger partial charge in [0.05, 0.1) is 18.8 Å². The molecule has 0 aliphatic carbocycles. The van der Waals surface area contributed by atoms with Gasteiger partial charge in [-0.25, -0.2) is 0 Å². The Morgan fingerprint density at radius 2 is 0.710 bits per heavy atom. The van der Waals surface area contributed by atoms with Crippen molar-refractivity contribution in [3.63, 3.8) is 0 Å². The van der Waals surface area contributed by atoms with E-state index in [0.29, 0.717) is 6.42 Å². The topological polar surface area (TPSA) is 69.6 Å². The van der Waals surface area contributed by atoms with E-state index in [0.717, 1.165) is 57.8 Å². The number of aliphatic hydroxyl groups is 2. The van der Waals surface area contributed by atoms with Crippen LogP contribution in [-0.4, -0.2) is 34.9 Å². The van der Waals surface area contributed by atoms with Crippen molar-refractivity contribution in [2.75, 3.05) is 6.61 Å². The highest BCUT2D eigenvalue weighted by atomic mass is 16.3. The van der Waals surface area contributed by atoms with Gasteiger partial charge in [-0.2, -0.15) is 0 Å². The molecule has 0 spiro atoms. The van der Waals surface area contributed by atoms with E-state index in [4.69, 9.17) is 0 Å². The Morgan fingerprint density at radius 3 is 1.06 bits per heavy atom. The zero-order chi connectivity index (χ0) is 44.9. The Labute approximate surface area is 387 Å². The van der Waals surface area contributed by atoms with Crippen LogP contribution in [0.15, 0.2) is 72.9 Å². The molecule has 62 heavy (non-hydrogen) atoms. The number of carbonyl (C=O) groups is 1. The van der Waals surface area contributed by atoms with Crippen LogP contribution in [0.1, 0.15) is 271 Å². The first kappa shape index (κ1) is 59.8. The molecule has 4 heteroatoms. The van der Waals surface area contributed by atoms with Crippen molar-refractivity contribution < 1.29 is 15.0 Å². The van der Waals surface area contributed by atoms with E-state index in [1.165, 1.54) is 193 Å². The van der Waals surface area contributed by atoms with Gasteiger partial charge in [-0.3, -0.25) is 4.79 Å². The first-order valence-corrected chi connectivity index (χ1v) is 27.2. The highest BCUT2D eigenvalue weighted by molar-refractivity contribution is 5.76. The fraction of sp³-hybridized carbons (Fsp3) is 0.776. The molecule has 0 heterocycles. The number of allylic oxidation sites excluding steroid dienone is 11. The van der Waals surface area contributed by atoms with Crippen LogP contribution >= 0.6 is 0 Å². The molecule has 2 unspecified atom stereocenters. The highest BCUT2D eigenvalue weighted by Gasteiger charge is 2.18. The van der Waals surface area contributed by atoms with E-state index >= 15 is 0 Å². The van der Waals surface area contributed by atoms with Gasteiger partial charge in [0.15, 0.2) is 0 Å². The lowest BCUT2D eigenvalue weighted by Crippen LogP contribution is -2.45. The van der Waals surface area contributed by atoms with Gasteiger partial charge < -0.3 is 15.5 Å². The smallest absolute Gasteiger partial charge is 0.220 e. The van der Waals surface area contributed by atoms with Gasteiger partial charge in [0, 0.05) is 6.42 Å². The maximum atomic E-state index is 12.4. The number of aliphatic hydroxyl groups excluding tert-OH is 2. The lowest BCUT2D eigenvalue weighted by Gasteiger charge is -2.20. The van der Waals surface area contributed by atoms with E-state index in [1.807, 2.05) is 6.08 Å². The number of hydrogen-bond acceptors (Lipinski definition) is 3. The van der Waals surface area contributed by atoms with Gasteiger partial charge in [-0.1, -0.05) is 273 Å². The molecule has 0 fully saturated rings. The molecule has 3 N–H and O–H groups in total. The molecule has 0 saturated heterocycles. The van der Waals surface area contributed by atoms with Crippen molar-refractivity contribution in [3.8, 4) is 0 Å². The number of rotatable bonds is 49. The van der Waals surface area contributed by atoms with Crippen molar-refractivity contribution in [1.82, 2.24) is 5.32 Å². The third kappa shape index (κ3) is 48.9. The monoisotopic (exact) mass is 864 g/mol. The second-order valence-electron chi connectivity index (χ2n) is 18.3. The van der Waals surface area contributed by atoms with Gasteiger partial charge in [0.1, 0.15) is 0 Å². The molecule has 0 aromatic rings. The molecule has 1 amide bonds. The molecule has 0 radical (unpaired) electrons. The zero-order valence-electron chi connectivity index (χ0n) is 41.4. The highest BCUT2D eigenvalue weighted by Crippen LogP contribution is 2.16. The zero-order valence-corrected chi connectivity index (χ0v) is 41.4. The van der Waals surface area contributed by atoms with E-state index in [1.54, 1.807) is 6.08 Å². The van der Waals surface area contributed by atoms with Crippen molar-refractivity contribution in [2.24, 2.45) is 0 Å². The summed E-state index contributed by atoms with van der Waals surface area (Å²) in [5, 5.41) is 23.1. The van der Waals surface area contributed by atoms with E-state index < -0.39 is 12.1 Å². The summed E-state index contributed by atoms with van der Waals surface area (Å²) in [6.07, 6.45) is 76.3. The van der Waals surface area contributed by atoms with Crippen LogP contribution in [0.3, 0.4) is 0 Å². The molecule has 2 atom stereocenters. The Bertz CT molecular complexity index is 1070. The Morgan fingerprint density at radius 1 is 0.403 bits per heavy atom. The van der Waals surface area contributed by atoms with Crippen molar-refractivity contribution >= 4 is 5.91 Å². The fourth-order valence-electron chi connectivity index (χ4n) is 8.09. The molecule has 0 aromatic heterocycles. The minimum absolute atomic E-state index is 0.0626. The second-order valence-corrected chi connectivity index (χ2v) is 18.3. The molecule has 0 aliphatic heterocycles. The van der Waals surface area contributed by atoms with Gasteiger partial charge in [-0.15, -0.1) is 0 Å². The summed E-state index contributed by atoms with van der Waals surface area (Å²) in [5.41, 5.74) is 0. The van der Waals surface area contributed by atoms with Crippen molar-refractivity contribution in [3.05, 3.63) is 72.9 Å². The summed E-state index contributed by atoms with van der Waals surface area (Å²) in [6.45, 7) is 4.20. The van der Waals surface area contributed by atoms with Crippen LogP contribution in [0.4, 0.5) is 0 Å². The van der Waals surface area contributed by atoms with Gasteiger partial charge in [0.2, 0.25) is 5.91 Å². The van der Waals surface area contributed by atoms with Crippen LogP contribution in [0.25, 0.3) is 0 Å². The lowest BCUT2D eigenvalue weighted by atomic mass is 10.0. The van der Waals surface area contributed by atoms with Gasteiger partial charge >= 0.3 is 0 Å². The standard InChI is InChI=1S/C58H105NO3/c1-3-5-7-9-11-13-15-17-19-20-21-22-23-24-25-26-27-28-29-30-31-32-33-34-35-36-37-38-40-42-44-46-48-50-52-54-58(62)59-56(55-60)57(61)53-51-49-47-45-43-41-39-18-16-14-12-10-8-6-4-2/h5,7,11,13,17,19,21-22,24-25,51,53,56-57,60-61H,3-4,6,8-10,12,14-16,18,20,23,26-50,52,54-55H2,1-2H3,(H,59,62)/b7-5-,13-11-,19-17-,22-21-,25-24-,53-51+.